The summed E-state index contributed by atoms with van der Waals surface area (Å²) in [4.78, 5) is 29.9. The highest BCUT2D eigenvalue weighted by Crippen LogP contribution is 2.15. The van der Waals surface area contributed by atoms with Gasteiger partial charge in [-0.25, -0.2) is 14.1 Å². The van der Waals surface area contributed by atoms with Crippen molar-refractivity contribution in [3.8, 4) is 5.69 Å². The van der Waals surface area contributed by atoms with E-state index in [0.717, 1.165) is 5.56 Å². The van der Waals surface area contributed by atoms with Crippen molar-refractivity contribution in [3.63, 3.8) is 0 Å². The third-order valence-electron chi connectivity index (χ3n) is 5.19. The summed E-state index contributed by atoms with van der Waals surface area (Å²) in [5, 5.41) is 7.54. The molecule has 0 radical (unpaired) electrons. The molecule has 158 valence electrons. The number of hydrogen-bond acceptors (Lipinski definition) is 4. The Morgan fingerprint density at radius 3 is 2.55 bits per heavy atom. The molecule has 2 aromatic carbocycles. The molecule has 1 amide bonds. The summed E-state index contributed by atoms with van der Waals surface area (Å²) >= 11 is 0. The van der Waals surface area contributed by atoms with Crippen LogP contribution in [0.1, 0.15) is 30.8 Å². The Morgan fingerprint density at radius 1 is 1.13 bits per heavy atom. The Hall–Kier alpha value is -3.81. The first-order chi connectivity index (χ1) is 14.9. The van der Waals surface area contributed by atoms with Crippen LogP contribution in [-0.4, -0.2) is 25.2 Å². The number of benzene rings is 2. The van der Waals surface area contributed by atoms with E-state index in [1.165, 1.54) is 27.6 Å². The van der Waals surface area contributed by atoms with Crippen LogP contribution < -0.4 is 10.9 Å². The van der Waals surface area contributed by atoms with E-state index in [1.807, 2.05) is 37.3 Å². The molecule has 0 aliphatic rings. The molecule has 0 bridgehead atoms. The van der Waals surface area contributed by atoms with Crippen molar-refractivity contribution in [2.75, 3.05) is 0 Å². The number of nitrogens with one attached hydrogen (secondary N) is 1. The van der Waals surface area contributed by atoms with Crippen molar-refractivity contribution >= 4 is 16.9 Å². The number of halogens is 1. The van der Waals surface area contributed by atoms with Crippen LogP contribution in [0.4, 0.5) is 4.39 Å². The second kappa shape index (κ2) is 8.51. The average molecular weight is 419 g/mol. The first kappa shape index (κ1) is 20.5. The maximum Gasteiger partial charge on any atom is 0.264 e. The summed E-state index contributed by atoms with van der Waals surface area (Å²) in [7, 11) is 0. The quantitative estimate of drug-likeness (QED) is 0.520. The van der Waals surface area contributed by atoms with Gasteiger partial charge in [0, 0.05) is 13.0 Å². The lowest BCUT2D eigenvalue weighted by Gasteiger charge is -2.15. The van der Waals surface area contributed by atoms with Gasteiger partial charge in [-0.1, -0.05) is 30.3 Å². The van der Waals surface area contributed by atoms with E-state index in [9.17, 15) is 14.0 Å². The van der Waals surface area contributed by atoms with Crippen LogP contribution in [0.25, 0.3) is 16.7 Å². The van der Waals surface area contributed by atoms with E-state index in [4.69, 9.17) is 0 Å². The molecule has 0 saturated heterocycles. The number of fused-ring (bicyclic) bond motifs is 1. The normalized spacial score (nSPS) is 12.1. The molecule has 4 aromatic rings. The number of aromatic nitrogens is 4. The van der Waals surface area contributed by atoms with Crippen LogP contribution >= 0.6 is 0 Å². The molecule has 0 aliphatic carbocycles. The molecule has 1 N–H and O–H groups in total. The van der Waals surface area contributed by atoms with E-state index in [0.29, 0.717) is 22.5 Å². The maximum absolute atomic E-state index is 13.2. The second-order valence-corrected chi connectivity index (χ2v) is 7.34. The topological polar surface area (TPSA) is 81.8 Å². The monoisotopic (exact) mass is 419 g/mol. The van der Waals surface area contributed by atoms with E-state index in [1.54, 1.807) is 19.1 Å². The van der Waals surface area contributed by atoms with Gasteiger partial charge in [0.05, 0.1) is 17.9 Å². The predicted octanol–water partition coefficient (Wildman–Crippen LogP) is 3.30. The number of carbonyl (C=O) groups excluding carboxylic acids is 1. The molecule has 31 heavy (non-hydrogen) atoms. The molecule has 0 fully saturated rings. The fourth-order valence-electron chi connectivity index (χ4n) is 3.49. The molecule has 1 atom stereocenters. The Bertz CT molecular complexity index is 1280. The Morgan fingerprint density at radius 2 is 1.84 bits per heavy atom. The van der Waals surface area contributed by atoms with Gasteiger partial charge >= 0.3 is 0 Å². The molecule has 4 rings (SSSR count). The standard InChI is InChI=1S/C23H22FN5O2/c1-15(17-6-4-3-5-7-17)26-21(30)12-13-28-16(2)27-22-20(23(28)31)14-25-29(22)19-10-8-18(24)9-11-19/h3-11,14-15H,12-13H2,1-2H3,(H,26,30). The van der Waals surface area contributed by atoms with Gasteiger partial charge in [0.2, 0.25) is 5.91 Å². The van der Waals surface area contributed by atoms with E-state index in [-0.39, 0.29) is 36.3 Å². The van der Waals surface area contributed by atoms with Crippen LogP contribution in [0.3, 0.4) is 0 Å². The Balaban J connectivity index is 1.53. The lowest BCUT2D eigenvalue weighted by atomic mass is 10.1. The molecule has 2 aromatic heterocycles. The minimum atomic E-state index is -0.355. The number of nitrogens with zero attached hydrogens (tertiary/aromatic N) is 4. The van der Waals surface area contributed by atoms with Gasteiger partial charge in [0.25, 0.3) is 5.56 Å². The Kier molecular flexibility index (Phi) is 5.62. The summed E-state index contributed by atoms with van der Waals surface area (Å²) < 4.78 is 16.2. The van der Waals surface area contributed by atoms with Crippen LogP contribution in [-0.2, 0) is 11.3 Å². The molecular formula is C23H22FN5O2. The van der Waals surface area contributed by atoms with E-state index in [2.05, 4.69) is 15.4 Å². The highest BCUT2D eigenvalue weighted by atomic mass is 19.1. The number of amides is 1. The molecule has 7 nitrogen and oxygen atoms in total. The largest absolute Gasteiger partial charge is 0.350 e. The van der Waals surface area contributed by atoms with Crippen molar-refractivity contribution < 1.29 is 9.18 Å². The average Bonchev–Trinajstić information content (AvgIpc) is 3.18. The number of carbonyl (C=O) groups is 1. The molecule has 2 heterocycles. The van der Waals surface area contributed by atoms with Crippen molar-refractivity contribution in [2.24, 2.45) is 0 Å². The maximum atomic E-state index is 13.2. The van der Waals surface area contributed by atoms with Crippen molar-refractivity contribution in [3.05, 3.63) is 88.4 Å². The van der Waals surface area contributed by atoms with Crippen LogP contribution in [0, 0.1) is 12.7 Å². The van der Waals surface area contributed by atoms with Gasteiger partial charge in [-0.3, -0.25) is 14.2 Å². The molecule has 8 heteroatoms. The molecule has 0 spiro atoms. The summed E-state index contributed by atoms with van der Waals surface area (Å²) in [6.07, 6.45) is 1.60. The minimum Gasteiger partial charge on any atom is -0.350 e. The van der Waals surface area contributed by atoms with Crippen molar-refractivity contribution in [1.82, 2.24) is 24.6 Å². The van der Waals surface area contributed by atoms with Crippen LogP contribution in [0.2, 0.25) is 0 Å². The Labute approximate surface area is 178 Å². The smallest absolute Gasteiger partial charge is 0.264 e. The zero-order valence-corrected chi connectivity index (χ0v) is 17.2. The number of rotatable bonds is 6. The van der Waals surface area contributed by atoms with Gasteiger partial charge < -0.3 is 5.32 Å². The second-order valence-electron chi connectivity index (χ2n) is 7.34. The first-order valence-electron chi connectivity index (χ1n) is 9.99. The van der Waals surface area contributed by atoms with Crippen LogP contribution in [0.15, 0.2) is 65.6 Å². The molecular weight excluding hydrogens is 397 g/mol. The van der Waals surface area contributed by atoms with Gasteiger partial charge in [-0.05, 0) is 43.7 Å². The summed E-state index contributed by atoms with van der Waals surface area (Å²) in [5.41, 5.74) is 1.75. The van der Waals surface area contributed by atoms with Crippen LogP contribution in [0.5, 0.6) is 0 Å². The van der Waals surface area contributed by atoms with Gasteiger partial charge in [-0.15, -0.1) is 0 Å². The lowest BCUT2D eigenvalue weighted by Crippen LogP contribution is -2.30. The number of hydrogen-bond donors (Lipinski definition) is 1. The zero-order chi connectivity index (χ0) is 22.0. The van der Waals surface area contributed by atoms with E-state index >= 15 is 0 Å². The minimum absolute atomic E-state index is 0.124. The van der Waals surface area contributed by atoms with Gasteiger partial charge in [-0.2, -0.15) is 5.10 Å². The molecule has 0 saturated carbocycles. The van der Waals surface area contributed by atoms with E-state index < -0.39 is 0 Å². The van der Waals surface area contributed by atoms with Gasteiger partial charge in [0.1, 0.15) is 17.0 Å². The molecule has 0 aliphatic heterocycles. The number of aryl methyl sites for hydroxylation is 1. The fourth-order valence-corrected chi connectivity index (χ4v) is 3.49. The van der Waals surface area contributed by atoms with Gasteiger partial charge in [0.15, 0.2) is 5.65 Å². The lowest BCUT2D eigenvalue weighted by molar-refractivity contribution is -0.122. The SMILES string of the molecule is Cc1nc2c(cnn2-c2ccc(F)cc2)c(=O)n1CCC(=O)NC(C)c1ccccc1. The zero-order valence-electron chi connectivity index (χ0n) is 17.2. The highest BCUT2D eigenvalue weighted by Gasteiger charge is 2.16. The summed E-state index contributed by atoms with van der Waals surface area (Å²) in [6.45, 7) is 3.85. The predicted molar refractivity (Wildman–Crippen MR) is 115 cm³/mol. The fraction of sp³-hybridized carbons (Fsp3) is 0.217. The highest BCUT2D eigenvalue weighted by molar-refractivity contribution is 5.77. The summed E-state index contributed by atoms with van der Waals surface area (Å²) in [6, 6.07) is 15.4. The molecule has 1 unspecified atom stereocenters. The van der Waals surface area contributed by atoms with Crippen molar-refractivity contribution in [2.45, 2.75) is 32.9 Å². The third-order valence-corrected chi connectivity index (χ3v) is 5.19. The third kappa shape index (κ3) is 4.23. The first-order valence-corrected chi connectivity index (χ1v) is 9.99. The summed E-state index contributed by atoms with van der Waals surface area (Å²) in [5.74, 6) is -0.0263. The van der Waals surface area contributed by atoms with Crippen molar-refractivity contribution in [1.29, 1.82) is 0 Å².